The minimum Gasteiger partial charge on any atom is -0.328 e. The molecule has 1 atom stereocenters. The van der Waals surface area contributed by atoms with Crippen molar-refractivity contribution in [3.8, 4) is 0 Å². The molecule has 0 saturated carbocycles. The Bertz CT molecular complexity index is 566. The first kappa shape index (κ1) is 14.4. The average Bonchev–Trinajstić information content (AvgIpc) is 2.32. The summed E-state index contributed by atoms with van der Waals surface area (Å²) in [6, 6.07) is 14.8. The van der Waals surface area contributed by atoms with E-state index in [9.17, 15) is 0 Å². The van der Waals surface area contributed by atoms with Gasteiger partial charge < -0.3 is 5.73 Å². The van der Waals surface area contributed by atoms with Gasteiger partial charge in [-0.2, -0.15) is 0 Å². The fourth-order valence-electron chi connectivity index (χ4n) is 1.92. The quantitative estimate of drug-likeness (QED) is 0.884. The Morgan fingerprint density at radius 2 is 1.89 bits per heavy atom. The molecule has 3 heteroatoms. The van der Waals surface area contributed by atoms with Crippen LogP contribution in [0.5, 0.6) is 0 Å². The Balaban J connectivity index is 2.16. The molecule has 0 radical (unpaired) electrons. The van der Waals surface area contributed by atoms with Crippen LogP contribution in [-0.4, -0.2) is 6.04 Å². The van der Waals surface area contributed by atoms with Crippen LogP contribution in [0.2, 0.25) is 5.02 Å². The van der Waals surface area contributed by atoms with Gasteiger partial charge in [0.15, 0.2) is 0 Å². The van der Waals surface area contributed by atoms with Gasteiger partial charge in [-0.25, -0.2) is 0 Å². The molecule has 2 aromatic carbocycles. The number of aryl methyl sites for hydroxylation is 1. The summed E-state index contributed by atoms with van der Waals surface area (Å²) in [5.74, 6) is 0. The van der Waals surface area contributed by atoms with E-state index in [-0.39, 0.29) is 6.04 Å². The highest BCUT2D eigenvalue weighted by Gasteiger charge is 2.05. The maximum absolute atomic E-state index is 6.30. The van der Waals surface area contributed by atoms with Gasteiger partial charge in [0.25, 0.3) is 0 Å². The molecule has 0 aromatic heterocycles. The molecule has 100 valence electrons. The van der Waals surface area contributed by atoms with Crippen LogP contribution in [0.3, 0.4) is 0 Å². The molecule has 19 heavy (non-hydrogen) atoms. The minimum atomic E-state index is 0.132. The van der Waals surface area contributed by atoms with E-state index in [1.165, 1.54) is 10.5 Å². The molecule has 2 N–H and O–H groups in total. The third-order valence-corrected chi connectivity index (χ3v) is 4.12. The van der Waals surface area contributed by atoms with Crippen LogP contribution in [0.15, 0.2) is 52.3 Å². The summed E-state index contributed by atoms with van der Waals surface area (Å²) in [6.07, 6.45) is 0.814. The van der Waals surface area contributed by atoms with Crippen LogP contribution in [-0.2, 0) is 6.42 Å². The zero-order valence-corrected chi connectivity index (χ0v) is 12.8. The largest absolute Gasteiger partial charge is 0.328 e. The first-order chi connectivity index (χ1) is 9.04. The average molecular weight is 292 g/mol. The summed E-state index contributed by atoms with van der Waals surface area (Å²) in [4.78, 5) is 2.39. The molecule has 1 unspecified atom stereocenters. The Morgan fingerprint density at radius 1 is 1.16 bits per heavy atom. The van der Waals surface area contributed by atoms with Gasteiger partial charge in [-0.1, -0.05) is 47.1 Å². The highest BCUT2D eigenvalue weighted by Crippen LogP contribution is 2.31. The van der Waals surface area contributed by atoms with Gasteiger partial charge in [0.1, 0.15) is 0 Å². The maximum Gasteiger partial charge on any atom is 0.0449 e. The summed E-state index contributed by atoms with van der Waals surface area (Å²) >= 11 is 8.03. The third-order valence-electron chi connectivity index (χ3n) is 2.79. The second-order valence-corrected chi connectivity index (χ2v) is 6.41. The fourth-order valence-corrected chi connectivity index (χ4v) is 3.22. The van der Waals surface area contributed by atoms with Crippen molar-refractivity contribution in [2.45, 2.75) is 36.1 Å². The van der Waals surface area contributed by atoms with Crippen molar-refractivity contribution in [1.29, 1.82) is 0 Å². The summed E-state index contributed by atoms with van der Waals surface area (Å²) < 4.78 is 0. The van der Waals surface area contributed by atoms with E-state index < -0.39 is 0 Å². The Labute approximate surface area is 124 Å². The predicted octanol–water partition coefficient (Wildman–Crippen LogP) is 4.69. The molecule has 1 nitrogen and oxygen atoms in total. The number of halogens is 1. The summed E-state index contributed by atoms with van der Waals surface area (Å²) in [5, 5.41) is 0.801. The van der Waals surface area contributed by atoms with Gasteiger partial charge in [0.05, 0.1) is 0 Å². The molecule has 0 heterocycles. The topological polar surface area (TPSA) is 26.0 Å². The van der Waals surface area contributed by atoms with Gasteiger partial charge in [-0.05, 0) is 50.1 Å². The fraction of sp³-hybridized carbons (Fsp3) is 0.250. The molecule has 0 saturated heterocycles. The van der Waals surface area contributed by atoms with Gasteiger partial charge >= 0.3 is 0 Å². The van der Waals surface area contributed by atoms with Crippen molar-refractivity contribution < 1.29 is 0 Å². The molecular formula is C16H18ClNS. The first-order valence-corrected chi connectivity index (χ1v) is 7.52. The summed E-state index contributed by atoms with van der Waals surface area (Å²) in [5.41, 5.74) is 8.19. The molecule has 0 fully saturated rings. The van der Waals surface area contributed by atoms with Crippen molar-refractivity contribution in [2.24, 2.45) is 5.73 Å². The summed E-state index contributed by atoms with van der Waals surface area (Å²) in [7, 11) is 0. The minimum absolute atomic E-state index is 0.132. The number of rotatable bonds is 4. The van der Waals surface area contributed by atoms with Crippen LogP contribution >= 0.6 is 23.4 Å². The van der Waals surface area contributed by atoms with Crippen LogP contribution in [0.4, 0.5) is 0 Å². The standard InChI is InChI=1S/C16H18ClNS/c1-11-4-3-5-14(8-11)19-15-7-6-13(9-12(2)18)16(17)10-15/h3-8,10,12H,9,18H2,1-2H3. The molecule has 0 spiro atoms. The molecular weight excluding hydrogens is 274 g/mol. The van der Waals surface area contributed by atoms with Crippen LogP contribution < -0.4 is 5.73 Å². The van der Waals surface area contributed by atoms with Gasteiger partial charge in [-0.3, -0.25) is 0 Å². The second kappa shape index (κ2) is 6.47. The maximum atomic E-state index is 6.30. The number of hydrogen-bond donors (Lipinski definition) is 1. The molecule has 0 aliphatic rings. The Kier molecular flexibility index (Phi) is 4.92. The van der Waals surface area contributed by atoms with E-state index in [1.807, 2.05) is 13.0 Å². The molecule has 0 aliphatic heterocycles. The smallest absolute Gasteiger partial charge is 0.0449 e. The van der Waals surface area contributed by atoms with Gasteiger partial charge in [0, 0.05) is 20.9 Å². The van der Waals surface area contributed by atoms with Crippen LogP contribution in [0.1, 0.15) is 18.1 Å². The molecule has 2 aromatic rings. The Morgan fingerprint density at radius 3 is 2.53 bits per heavy atom. The van der Waals surface area contributed by atoms with Gasteiger partial charge in [-0.15, -0.1) is 0 Å². The lowest BCUT2D eigenvalue weighted by atomic mass is 10.1. The van der Waals surface area contributed by atoms with Crippen molar-refractivity contribution in [2.75, 3.05) is 0 Å². The molecule has 0 amide bonds. The number of hydrogen-bond acceptors (Lipinski definition) is 2. The van der Waals surface area contributed by atoms with E-state index >= 15 is 0 Å². The van der Waals surface area contributed by atoms with E-state index in [4.69, 9.17) is 17.3 Å². The van der Waals surface area contributed by atoms with Crippen molar-refractivity contribution >= 4 is 23.4 Å². The molecule has 0 aliphatic carbocycles. The number of benzene rings is 2. The third kappa shape index (κ3) is 4.27. The molecule has 0 bridgehead atoms. The zero-order valence-electron chi connectivity index (χ0n) is 11.2. The van der Waals surface area contributed by atoms with E-state index in [0.717, 1.165) is 21.9 Å². The highest BCUT2D eigenvalue weighted by molar-refractivity contribution is 7.99. The first-order valence-electron chi connectivity index (χ1n) is 6.33. The summed E-state index contributed by atoms with van der Waals surface area (Å²) in [6.45, 7) is 4.09. The van der Waals surface area contributed by atoms with E-state index in [0.29, 0.717) is 0 Å². The molecule has 2 rings (SSSR count). The lowest BCUT2D eigenvalue weighted by molar-refractivity contribution is 0.738. The normalized spacial score (nSPS) is 12.4. The van der Waals surface area contributed by atoms with E-state index in [1.54, 1.807) is 11.8 Å². The SMILES string of the molecule is Cc1cccc(Sc2ccc(CC(C)N)c(Cl)c2)c1. The predicted molar refractivity (Wildman–Crippen MR) is 84.1 cm³/mol. The lowest BCUT2D eigenvalue weighted by Gasteiger charge is -2.09. The zero-order chi connectivity index (χ0) is 13.8. The van der Waals surface area contributed by atoms with Crippen molar-refractivity contribution in [3.05, 3.63) is 58.6 Å². The Hall–Kier alpha value is -0.960. The van der Waals surface area contributed by atoms with Crippen LogP contribution in [0.25, 0.3) is 0 Å². The van der Waals surface area contributed by atoms with Crippen molar-refractivity contribution in [3.63, 3.8) is 0 Å². The second-order valence-electron chi connectivity index (χ2n) is 4.85. The monoisotopic (exact) mass is 291 g/mol. The lowest BCUT2D eigenvalue weighted by Crippen LogP contribution is -2.17. The highest BCUT2D eigenvalue weighted by atomic mass is 35.5. The van der Waals surface area contributed by atoms with Crippen molar-refractivity contribution in [1.82, 2.24) is 0 Å². The number of nitrogens with two attached hydrogens (primary N) is 1. The van der Waals surface area contributed by atoms with Crippen LogP contribution in [0, 0.1) is 6.92 Å². The van der Waals surface area contributed by atoms with Gasteiger partial charge in [0.2, 0.25) is 0 Å². The van der Waals surface area contributed by atoms with E-state index in [2.05, 4.69) is 43.3 Å².